The fourth-order valence-electron chi connectivity index (χ4n) is 0.699. The number of hydrogen-bond acceptors (Lipinski definition) is 1. The SMILES string of the molecule is CCC(C)CC(F)CN. The minimum absolute atomic E-state index is 0.171. The van der Waals surface area contributed by atoms with Crippen LogP contribution in [0.2, 0.25) is 0 Å². The molecule has 56 valence electrons. The molecule has 0 saturated carbocycles. The van der Waals surface area contributed by atoms with Crippen molar-refractivity contribution in [3.05, 3.63) is 0 Å². The fourth-order valence-corrected chi connectivity index (χ4v) is 0.699. The summed E-state index contributed by atoms with van der Waals surface area (Å²) in [6.07, 6.45) is 0.868. The molecule has 0 amide bonds. The van der Waals surface area contributed by atoms with Crippen LogP contribution in [0.25, 0.3) is 0 Å². The monoisotopic (exact) mass is 133 g/mol. The molecule has 2 atom stereocenters. The van der Waals surface area contributed by atoms with Crippen LogP contribution >= 0.6 is 0 Å². The van der Waals surface area contributed by atoms with Gasteiger partial charge >= 0.3 is 0 Å². The summed E-state index contributed by atoms with van der Waals surface area (Å²) in [4.78, 5) is 0. The van der Waals surface area contributed by atoms with Crippen molar-refractivity contribution in [3.63, 3.8) is 0 Å². The Balaban J connectivity index is 3.22. The zero-order chi connectivity index (χ0) is 7.28. The van der Waals surface area contributed by atoms with E-state index in [0.717, 1.165) is 6.42 Å². The molecule has 0 radical (unpaired) electrons. The lowest BCUT2D eigenvalue weighted by Crippen LogP contribution is -2.17. The number of hydrogen-bond donors (Lipinski definition) is 1. The highest BCUT2D eigenvalue weighted by atomic mass is 19.1. The van der Waals surface area contributed by atoms with E-state index in [4.69, 9.17) is 5.73 Å². The van der Waals surface area contributed by atoms with Gasteiger partial charge in [0.05, 0.1) is 0 Å². The summed E-state index contributed by atoms with van der Waals surface area (Å²) in [6, 6.07) is 0. The molecule has 0 bridgehead atoms. The highest BCUT2D eigenvalue weighted by Gasteiger charge is 2.07. The summed E-state index contributed by atoms with van der Waals surface area (Å²) in [5.41, 5.74) is 5.10. The van der Waals surface area contributed by atoms with Gasteiger partial charge in [0, 0.05) is 6.54 Å². The van der Waals surface area contributed by atoms with Gasteiger partial charge in [0.15, 0.2) is 0 Å². The van der Waals surface area contributed by atoms with Crippen LogP contribution in [0.1, 0.15) is 26.7 Å². The van der Waals surface area contributed by atoms with Crippen molar-refractivity contribution in [2.75, 3.05) is 6.54 Å². The largest absolute Gasteiger partial charge is 0.328 e. The second kappa shape index (κ2) is 4.74. The predicted molar refractivity (Wildman–Crippen MR) is 38.0 cm³/mol. The van der Waals surface area contributed by atoms with E-state index in [9.17, 15) is 4.39 Å². The smallest absolute Gasteiger partial charge is 0.113 e. The van der Waals surface area contributed by atoms with Gasteiger partial charge < -0.3 is 5.73 Å². The third-order valence-corrected chi connectivity index (χ3v) is 1.61. The molecule has 0 aliphatic heterocycles. The lowest BCUT2D eigenvalue weighted by Gasteiger charge is -2.09. The first-order valence-corrected chi connectivity index (χ1v) is 3.54. The molecule has 0 fully saturated rings. The topological polar surface area (TPSA) is 26.0 Å². The van der Waals surface area contributed by atoms with E-state index < -0.39 is 6.17 Å². The molecule has 0 spiro atoms. The van der Waals surface area contributed by atoms with Gasteiger partial charge in [-0.1, -0.05) is 20.3 Å². The Morgan fingerprint density at radius 3 is 2.44 bits per heavy atom. The van der Waals surface area contributed by atoms with Crippen LogP contribution in [0.5, 0.6) is 0 Å². The first kappa shape index (κ1) is 8.89. The summed E-state index contributed by atoms with van der Waals surface area (Å²) >= 11 is 0. The van der Waals surface area contributed by atoms with E-state index >= 15 is 0 Å². The van der Waals surface area contributed by atoms with Crippen LogP contribution < -0.4 is 5.73 Å². The quantitative estimate of drug-likeness (QED) is 0.621. The van der Waals surface area contributed by atoms with Gasteiger partial charge in [-0.15, -0.1) is 0 Å². The summed E-state index contributed by atoms with van der Waals surface area (Å²) in [6.45, 7) is 4.28. The van der Waals surface area contributed by atoms with Crippen molar-refractivity contribution >= 4 is 0 Å². The van der Waals surface area contributed by atoms with E-state index in [-0.39, 0.29) is 6.54 Å². The molecule has 0 aliphatic carbocycles. The Bertz CT molecular complexity index is 57.9. The Labute approximate surface area is 56.4 Å². The maximum absolute atomic E-state index is 12.4. The zero-order valence-electron chi connectivity index (χ0n) is 6.23. The molecule has 0 rings (SSSR count). The lowest BCUT2D eigenvalue weighted by molar-refractivity contribution is 0.279. The maximum atomic E-state index is 12.4. The number of alkyl halides is 1. The van der Waals surface area contributed by atoms with Gasteiger partial charge in [0.1, 0.15) is 6.17 Å². The molecule has 0 aromatic rings. The van der Waals surface area contributed by atoms with Gasteiger partial charge in [-0.3, -0.25) is 0 Å². The second-order valence-corrected chi connectivity index (χ2v) is 2.58. The van der Waals surface area contributed by atoms with E-state index in [1.165, 1.54) is 0 Å². The van der Waals surface area contributed by atoms with Crippen molar-refractivity contribution in [2.45, 2.75) is 32.9 Å². The van der Waals surface area contributed by atoms with E-state index in [0.29, 0.717) is 12.3 Å². The minimum Gasteiger partial charge on any atom is -0.328 e. The van der Waals surface area contributed by atoms with Crippen LogP contribution in [0, 0.1) is 5.92 Å². The molecule has 2 N–H and O–H groups in total. The summed E-state index contributed by atoms with van der Waals surface area (Å²) in [7, 11) is 0. The van der Waals surface area contributed by atoms with Gasteiger partial charge in [-0.05, 0) is 12.3 Å². The van der Waals surface area contributed by atoms with Crippen LogP contribution in [-0.4, -0.2) is 12.7 Å². The summed E-state index contributed by atoms with van der Waals surface area (Å²) in [5, 5.41) is 0. The first-order chi connectivity index (χ1) is 4.20. The highest BCUT2D eigenvalue weighted by Crippen LogP contribution is 2.10. The van der Waals surface area contributed by atoms with Gasteiger partial charge in [0.25, 0.3) is 0 Å². The molecule has 2 heteroatoms. The molecular formula is C7H16FN. The molecule has 0 aromatic carbocycles. The highest BCUT2D eigenvalue weighted by molar-refractivity contribution is 4.60. The van der Waals surface area contributed by atoms with Gasteiger partial charge in [-0.2, -0.15) is 0 Å². The van der Waals surface area contributed by atoms with Crippen molar-refractivity contribution in [3.8, 4) is 0 Å². The van der Waals surface area contributed by atoms with Crippen LogP contribution in [0.15, 0.2) is 0 Å². The standard InChI is InChI=1S/C7H16FN/c1-3-6(2)4-7(8)5-9/h6-7H,3-5,9H2,1-2H3. The second-order valence-electron chi connectivity index (χ2n) is 2.58. The number of rotatable bonds is 4. The Morgan fingerprint density at radius 1 is 1.56 bits per heavy atom. The number of nitrogens with two attached hydrogens (primary N) is 1. The summed E-state index contributed by atoms with van der Waals surface area (Å²) in [5.74, 6) is 0.476. The molecule has 1 nitrogen and oxygen atoms in total. The lowest BCUT2D eigenvalue weighted by atomic mass is 10.0. The van der Waals surface area contributed by atoms with Crippen LogP contribution in [0.3, 0.4) is 0 Å². The molecule has 0 heterocycles. The normalized spacial score (nSPS) is 17.3. The molecule has 0 saturated heterocycles. The predicted octanol–water partition coefficient (Wildman–Crippen LogP) is 1.72. The first-order valence-electron chi connectivity index (χ1n) is 3.54. The van der Waals surface area contributed by atoms with Gasteiger partial charge in [0.2, 0.25) is 0 Å². The van der Waals surface area contributed by atoms with Crippen molar-refractivity contribution < 1.29 is 4.39 Å². The van der Waals surface area contributed by atoms with E-state index in [1.54, 1.807) is 0 Å². The average molecular weight is 133 g/mol. The molecule has 0 aromatic heterocycles. The minimum atomic E-state index is -0.792. The third-order valence-electron chi connectivity index (χ3n) is 1.61. The van der Waals surface area contributed by atoms with Crippen LogP contribution in [0.4, 0.5) is 4.39 Å². The Hall–Kier alpha value is -0.110. The molecule has 2 unspecified atom stereocenters. The van der Waals surface area contributed by atoms with Crippen molar-refractivity contribution in [1.82, 2.24) is 0 Å². The summed E-state index contributed by atoms with van der Waals surface area (Å²) < 4.78 is 12.4. The zero-order valence-corrected chi connectivity index (χ0v) is 6.23. The molecular weight excluding hydrogens is 117 g/mol. The maximum Gasteiger partial charge on any atom is 0.113 e. The van der Waals surface area contributed by atoms with Crippen molar-refractivity contribution in [1.29, 1.82) is 0 Å². The Kier molecular flexibility index (Phi) is 4.68. The molecule has 9 heavy (non-hydrogen) atoms. The Morgan fingerprint density at radius 2 is 2.11 bits per heavy atom. The molecule has 0 aliphatic rings. The van der Waals surface area contributed by atoms with E-state index in [1.807, 2.05) is 6.92 Å². The van der Waals surface area contributed by atoms with Gasteiger partial charge in [-0.25, -0.2) is 4.39 Å². The average Bonchev–Trinajstić information content (AvgIpc) is 1.87. The van der Waals surface area contributed by atoms with E-state index in [2.05, 4.69) is 6.92 Å². The van der Waals surface area contributed by atoms with Crippen LogP contribution in [-0.2, 0) is 0 Å². The fraction of sp³-hybridized carbons (Fsp3) is 1.00. The third kappa shape index (κ3) is 4.40. The van der Waals surface area contributed by atoms with Crippen molar-refractivity contribution in [2.24, 2.45) is 11.7 Å². The number of halogens is 1.